The number of aliphatic imine (C=N–C) groups is 1. The summed E-state index contributed by atoms with van der Waals surface area (Å²) in [6.07, 6.45) is 1.21. The monoisotopic (exact) mass is 334 g/mol. The van der Waals surface area contributed by atoms with Crippen molar-refractivity contribution in [3.8, 4) is 0 Å². The first-order chi connectivity index (χ1) is 10.5. The predicted molar refractivity (Wildman–Crippen MR) is 90.6 cm³/mol. The second-order valence-corrected chi connectivity index (χ2v) is 7.44. The van der Waals surface area contributed by atoms with E-state index in [4.69, 9.17) is 11.6 Å². The number of rotatable bonds is 2. The van der Waals surface area contributed by atoms with Gasteiger partial charge in [0.1, 0.15) is 0 Å². The van der Waals surface area contributed by atoms with Crippen molar-refractivity contribution in [1.29, 1.82) is 0 Å². The molecule has 0 aromatic heterocycles. The minimum atomic E-state index is -3.36. The molecule has 0 saturated heterocycles. The number of nitrogens with zero attached hydrogens (tertiary/aromatic N) is 2. The fourth-order valence-corrected chi connectivity index (χ4v) is 3.66. The van der Waals surface area contributed by atoms with E-state index in [1.54, 1.807) is 18.2 Å². The van der Waals surface area contributed by atoms with Crippen LogP contribution in [-0.2, 0) is 10.0 Å². The molecule has 22 heavy (non-hydrogen) atoms. The molecule has 0 saturated carbocycles. The smallest absolute Gasteiger partial charge is 0.232 e. The van der Waals surface area contributed by atoms with Crippen LogP contribution in [0.2, 0.25) is 5.02 Å². The lowest BCUT2D eigenvalue weighted by Gasteiger charge is -2.22. The molecule has 0 spiro atoms. The SMILES string of the molecule is CS(=O)(=O)N1CCN=C(c2ccccc2)c2cc(Cl)ccc21. The van der Waals surface area contributed by atoms with Crippen LogP contribution in [0.15, 0.2) is 53.5 Å². The number of hydrogen-bond acceptors (Lipinski definition) is 3. The van der Waals surface area contributed by atoms with Crippen LogP contribution < -0.4 is 4.31 Å². The van der Waals surface area contributed by atoms with Crippen molar-refractivity contribution in [2.24, 2.45) is 4.99 Å². The molecule has 0 amide bonds. The van der Waals surface area contributed by atoms with Crippen LogP contribution in [0, 0.1) is 0 Å². The Hall–Kier alpha value is -1.85. The summed E-state index contributed by atoms with van der Waals surface area (Å²) in [6.45, 7) is 0.730. The van der Waals surface area contributed by atoms with Crippen molar-refractivity contribution >= 4 is 33.0 Å². The quantitative estimate of drug-likeness (QED) is 0.847. The van der Waals surface area contributed by atoms with Crippen molar-refractivity contribution in [3.63, 3.8) is 0 Å². The van der Waals surface area contributed by atoms with Gasteiger partial charge < -0.3 is 0 Å². The zero-order valence-electron chi connectivity index (χ0n) is 12.0. The van der Waals surface area contributed by atoms with Gasteiger partial charge in [0.05, 0.1) is 30.7 Å². The fraction of sp³-hybridized carbons (Fsp3) is 0.188. The minimum absolute atomic E-state index is 0.323. The Morgan fingerprint density at radius 1 is 1.14 bits per heavy atom. The Bertz CT molecular complexity index is 832. The summed E-state index contributed by atoms with van der Waals surface area (Å²) in [6, 6.07) is 14.9. The van der Waals surface area contributed by atoms with Gasteiger partial charge in [-0.05, 0) is 18.2 Å². The number of hydrogen-bond donors (Lipinski definition) is 0. The number of sulfonamides is 1. The molecule has 1 aliphatic rings. The molecule has 6 heteroatoms. The van der Waals surface area contributed by atoms with Gasteiger partial charge in [-0.3, -0.25) is 9.30 Å². The van der Waals surface area contributed by atoms with E-state index in [0.717, 1.165) is 16.8 Å². The van der Waals surface area contributed by atoms with Crippen LogP contribution in [0.25, 0.3) is 0 Å². The molecule has 114 valence electrons. The summed E-state index contributed by atoms with van der Waals surface area (Å²) in [5.74, 6) is 0. The van der Waals surface area contributed by atoms with Gasteiger partial charge in [-0.15, -0.1) is 0 Å². The molecule has 4 nitrogen and oxygen atoms in total. The molecule has 0 bridgehead atoms. The van der Waals surface area contributed by atoms with Gasteiger partial charge in [0.2, 0.25) is 10.0 Å². The summed E-state index contributed by atoms with van der Waals surface area (Å²) in [5, 5.41) is 0.553. The maximum atomic E-state index is 12.1. The van der Waals surface area contributed by atoms with Gasteiger partial charge in [-0.2, -0.15) is 0 Å². The number of benzodiazepines with no additional fused rings is 1. The molecule has 0 aliphatic carbocycles. The van der Waals surface area contributed by atoms with E-state index in [1.165, 1.54) is 10.6 Å². The zero-order chi connectivity index (χ0) is 15.7. The topological polar surface area (TPSA) is 49.7 Å². The zero-order valence-corrected chi connectivity index (χ0v) is 13.6. The molecule has 0 radical (unpaired) electrons. The first kappa shape index (κ1) is 15.1. The van der Waals surface area contributed by atoms with Crippen molar-refractivity contribution < 1.29 is 8.42 Å². The molecular weight excluding hydrogens is 320 g/mol. The van der Waals surface area contributed by atoms with Gasteiger partial charge in [-0.25, -0.2) is 8.42 Å². The predicted octanol–water partition coefficient (Wildman–Crippen LogP) is 2.96. The molecule has 0 unspecified atom stereocenters. The highest BCUT2D eigenvalue weighted by atomic mass is 35.5. The Labute approximate surface area is 135 Å². The molecule has 0 fully saturated rings. The standard InChI is InChI=1S/C16H15ClN2O2S/c1-22(20,21)19-10-9-18-16(12-5-3-2-4-6-12)14-11-13(17)7-8-15(14)19/h2-8,11H,9-10H2,1H3. The molecular formula is C16H15ClN2O2S. The molecule has 3 rings (SSSR count). The maximum Gasteiger partial charge on any atom is 0.232 e. The average molecular weight is 335 g/mol. The third-order valence-corrected chi connectivity index (χ3v) is 4.92. The summed E-state index contributed by atoms with van der Waals surface area (Å²) in [7, 11) is -3.36. The van der Waals surface area contributed by atoms with Crippen molar-refractivity contribution in [2.45, 2.75) is 0 Å². The lowest BCUT2D eigenvalue weighted by atomic mass is 10.0. The van der Waals surface area contributed by atoms with E-state index in [2.05, 4.69) is 4.99 Å². The number of fused-ring (bicyclic) bond motifs is 1. The van der Waals surface area contributed by atoms with Gasteiger partial charge in [-0.1, -0.05) is 41.9 Å². The number of halogens is 1. The first-order valence-electron chi connectivity index (χ1n) is 6.84. The summed E-state index contributed by atoms with van der Waals surface area (Å²) < 4.78 is 25.5. The Morgan fingerprint density at radius 3 is 2.55 bits per heavy atom. The second-order valence-electron chi connectivity index (χ2n) is 5.09. The third kappa shape index (κ3) is 2.87. The maximum absolute atomic E-state index is 12.1. The van der Waals surface area contributed by atoms with Crippen LogP contribution in [0.3, 0.4) is 0 Å². The second kappa shape index (κ2) is 5.74. The van der Waals surface area contributed by atoms with Crippen molar-refractivity contribution in [3.05, 3.63) is 64.7 Å². The van der Waals surface area contributed by atoms with Crippen LogP contribution in [-0.4, -0.2) is 33.5 Å². The van der Waals surface area contributed by atoms with Gasteiger partial charge in [0.25, 0.3) is 0 Å². The largest absolute Gasteiger partial charge is 0.282 e. The molecule has 1 aliphatic heterocycles. The lowest BCUT2D eigenvalue weighted by molar-refractivity contribution is 0.597. The Morgan fingerprint density at radius 2 is 1.86 bits per heavy atom. The van der Waals surface area contributed by atoms with E-state index >= 15 is 0 Å². The number of benzene rings is 2. The third-order valence-electron chi connectivity index (χ3n) is 3.50. The first-order valence-corrected chi connectivity index (χ1v) is 9.07. The van der Waals surface area contributed by atoms with Crippen LogP contribution in [0.4, 0.5) is 5.69 Å². The number of anilines is 1. The minimum Gasteiger partial charge on any atom is -0.282 e. The van der Waals surface area contributed by atoms with Crippen molar-refractivity contribution in [2.75, 3.05) is 23.7 Å². The van der Waals surface area contributed by atoms with Crippen LogP contribution in [0.5, 0.6) is 0 Å². The highest BCUT2D eigenvalue weighted by Crippen LogP contribution is 2.30. The van der Waals surface area contributed by atoms with Gasteiger partial charge >= 0.3 is 0 Å². The summed E-state index contributed by atoms with van der Waals surface area (Å²) in [4.78, 5) is 4.59. The molecule has 0 atom stereocenters. The molecule has 2 aromatic carbocycles. The Kier molecular flexibility index (Phi) is 3.93. The normalized spacial score (nSPS) is 15.0. The van der Waals surface area contributed by atoms with E-state index in [9.17, 15) is 8.42 Å². The van der Waals surface area contributed by atoms with Crippen LogP contribution >= 0.6 is 11.6 Å². The fourth-order valence-electron chi connectivity index (χ4n) is 2.56. The highest BCUT2D eigenvalue weighted by molar-refractivity contribution is 7.92. The Balaban J connectivity index is 2.22. The summed E-state index contributed by atoms with van der Waals surface area (Å²) >= 11 is 6.12. The molecule has 2 aromatic rings. The average Bonchev–Trinajstić information content (AvgIpc) is 2.67. The molecule has 1 heterocycles. The summed E-state index contributed by atoms with van der Waals surface area (Å²) in [5.41, 5.74) is 3.07. The van der Waals surface area contributed by atoms with E-state index in [1.807, 2.05) is 30.3 Å². The molecule has 0 N–H and O–H groups in total. The van der Waals surface area contributed by atoms with E-state index < -0.39 is 10.0 Å². The lowest BCUT2D eigenvalue weighted by Crippen LogP contribution is -2.32. The van der Waals surface area contributed by atoms with Gasteiger partial charge in [0, 0.05) is 16.1 Å². The van der Waals surface area contributed by atoms with Crippen LogP contribution in [0.1, 0.15) is 11.1 Å². The highest BCUT2D eigenvalue weighted by Gasteiger charge is 2.25. The van der Waals surface area contributed by atoms with E-state index in [-0.39, 0.29) is 0 Å². The van der Waals surface area contributed by atoms with Gasteiger partial charge in [0.15, 0.2) is 0 Å². The van der Waals surface area contributed by atoms with Crippen molar-refractivity contribution in [1.82, 2.24) is 0 Å². The van der Waals surface area contributed by atoms with E-state index in [0.29, 0.717) is 23.8 Å².